The largest absolute Gasteiger partial charge is 0.461 e. The first kappa shape index (κ1) is 30.6. The van der Waals surface area contributed by atoms with Gasteiger partial charge < -0.3 is 24.0 Å². The number of carbonyl (C=O) groups excluding carboxylic acids is 2. The van der Waals surface area contributed by atoms with Gasteiger partial charge >= 0.3 is 12.1 Å². The lowest BCUT2D eigenvalue weighted by atomic mass is 9.97. The molecule has 2 aliphatic heterocycles. The first-order valence-electron chi connectivity index (χ1n) is 15.9. The van der Waals surface area contributed by atoms with Crippen molar-refractivity contribution in [2.24, 2.45) is 0 Å². The maximum atomic E-state index is 13.1. The van der Waals surface area contributed by atoms with Gasteiger partial charge in [-0.25, -0.2) is 19.3 Å². The maximum Gasteiger partial charge on any atom is 0.410 e. The fraction of sp³-hybridized carbons (Fsp3) is 0.429. The summed E-state index contributed by atoms with van der Waals surface area (Å²) in [5.74, 6) is -0.370. The number of carbonyl (C=O) groups is 2. The highest BCUT2D eigenvalue weighted by Crippen LogP contribution is 2.37. The van der Waals surface area contributed by atoms with Crippen LogP contribution in [0.25, 0.3) is 22.2 Å². The first-order valence-corrected chi connectivity index (χ1v) is 15.9. The number of likely N-dealkylation sites (tertiary alicyclic amines) is 1. The zero-order valence-corrected chi connectivity index (χ0v) is 26.3. The van der Waals surface area contributed by atoms with Gasteiger partial charge in [-0.3, -0.25) is 0 Å². The Kier molecular flexibility index (Phi) is 9.30. The molecule has 2 aliphatic rings. The Morgan fingerprint density at radius 2 is 1.76 bits per heavy atom. The second-order valence-corrected chi connectivity index (χ2v) is 11.9. The Hall–Kier alpha value is -4.44. The summed E-state index contributed by atoms with van der Waals surface area (Å²) in [7, 11) is 0. The lowest BCUT2D eigenvalue weighted by Crippen LogP contribution is -2.41. The molecule has 10 nitrogen and oxygen atoms in total. The van der Waals surface area contributed by atoms with Crippen molar-refractivity contribution >= 4 is 28.8 Å². The molecule has 1 atom stereocenters. The number of ether oxygens (including phenoxy) is 3. The molecule has 1 unspecified atom stereocenters. The van der Waals surface area contributed by atoms with Gasteiger partial charge in [0, 0.05) is 31.9 Å². The molecule has 10 heteroatoms. The second-order valence-electron chi connectivity index (χ2n) is 11.9. The van der Waals surface area contributed by atoms with Crippen LogP contribution in [0.2, 0.25) is 0 Å². The topological polar surface area (TPSA) is 99.0 Å². The summed E-state index contributed by atoms with van der Waals surface area (Å²) in [5, 5.41) is 6.04. The lowest BCUT2D eigenvalue weighted by Gasteiger charge is -2.32. The first-order chi connectivity index (χ1) is 21.9. The molecule has 2 fully saturated rings. The van der Waals surface area contributed by atoms with Gasteiger partial charge in [0.25, 0.3) is 0 Å². The molecule has 4 heterocycles. The molecule has 236 valence electrons. The number of fused-ring (bicyclic) bond motifs is 1. The van der Waals surface area contributed by atoms with Gasteiger partial charge in [-0.2, -0.15) is 5.10 Å². The average Bonchev–Trinajstić information content (AvgIpc) is 3.48. The molecular formula is C35H41N5O5. The fourth-order valence-corrected chi connectivity index (χ4v) is 6.16. The predicted molar refractivity (Wildman–Crippen MR) is 173 cm³/mol. The Labute approximate surface area is 263 Å². The minimum absolute atomic E-state index is 0.103. The summed E-state index contributed by atoms with van der Waals surface area (Å²) >= 11 is 0. The quantitative estimate of drug-likeness (QED) is 0.217. The summed E-state index contributed by atoms with van der Waals surface area (Å²) in [6.07, 6.45) is 1.29. The Morgan fingerprint density at radius 1 is 1.00 bits per heavy atom. The van der Waals surface area contributed by atoms with Gasteiger partial charge in [0.1, 0.15) is 6.61 Å². The zero-order valence-electron chi connectivity index (χ0n) is 26.3. The molecule has 6 rings (SSSR count). The second kappa shape index (κ2) is 13.7. The van der Waals surface area contributed by atoms with E-state index >= 15 is 0 Å². The Balaban J connectivity index is 1.36. The molecule has 1 amide bonds. The summed E-state index contributed by atoms with van der Waals surface area (Å²) in [5.41, 5.74) is 5.72. The number of esters is 1. The molecule has 2 saturated heterocycles. The van der Waals surface area contributed by atoms with Gasteiger partial charge in [0.05, 0.1) is 36.9 Å². The highest BCUT2D eigenvalue weighted by Gasteiger charge is 2.31. The SMILES string of the molecule is CCOC(=O)c1cc(-c2ccc(N3CCOCC3)cc2)c2c(C(C)C)nn(C3CCCN(C(=O)OCc4ccccc4)C3)c2n1. The van der Waals surface area contributed by atoms with Crippen molar-refractivity contribution < 1.29 is 23.8 Å². The summed E-state index contributed by atoms with van der Waals surface area (Å²) in [4.78, 5) is 35.1. The van der Waals surface area contributed by atoms with Crippen LogP contribution in [0, 0.1) is 0 Å². The molecule has 4 aromatic rings. The van der Waals surface area contributed by atoms with Crippen LogP contribution in [0.1, 0.15) is 67.3 Å². The van der Waals surface area contributed by atoms with Gasteiger partial charge in [0.2, 0.25) is 0 Å². The number of morpholine rings is 1. The van der Waals surface area contributed by atoms with Crippen molar-refractivity contribution in [2.75, 3.05) is 50.9 Å². The smallest absolute Gasteiger partial charge is 0.410 e. The van der Waals surface area contributed by atoms with Crippen LogP contribution in [0.15, 0.2) is 60.7 Å². The van der Waals surface area contributed by atoms with E-state index in [0.717, 1.165) is 72.6 Å². The van der Waals surface area contributed by atoms with Gasteiger partial charge in [0.15, 0.2) is 11.3 Å². The third-order valence-electron chi connectivity index (χ3n) is 8.48. The molecule has 0 saturated carbocycles. The molecule has 0 aliphatic carbocycles. The van der Waals surface area contributed by atoms with Crippen molar-refractivity contribution in [3.8, 4) is 11.1 Å². The molecule has 0 spiro atoms. The predicted octanol–water partition coefficient (Wildman–Crippen LogP) is 6.21. The molecule has 2 aromatic carbocycles. The minimum Gasteiger partial charge on any atom is -0.461 e. The van der Waals surface area contributed by atoms with Gasteiger partial charge in [-0.15, -0.1) is 0 Å². The molecule has 0 N–H and O–H groups in total. The summed E-state index contributed by atoms with van der Waals surface area (Å²) in [6, 6.07) is 19.8. The van der Waals surface area contributed by atoms with E-state index in [1.54, 1.807) is 11.8 Å². The van der Waals surface area contributed by atoms with E-state index in [1.807, 2.05) is 41.1 Å². The van der Waals surface area contributed by atoms with E-state index in [9.17, 15) is 9.59 Å². The fourth-order valence-electron chi connectivity index (χ4n) is 6.16. The van der Waals surface area contributed by atoms with E-state index in [4.69, 9.17) is 24.3 Å². The van der Waals surface area contributed by atoms with Crippen LogP contribution in [0.3, 0.4) is 0 Å². The summed E-state index contributed by atoms with van der Waals surface area (Å²) in [6.45, 7) is 10.7. The van der Waals surface area contributed by atoms with E-state index in [1.165, 1.54) is 0 Å². The van der Waals surface area contributed by atoms with Crippen LogP contribution in [-0.2, 0) is 20.8 Å². The molecule has 0 radical (unpaired) electrons. The number of hydrogen-bond donors (Lipinski definition) is 0. The number of rotatable bonds is 8. The number of anilines is 1. The van der Waals surface area contributed by atoms with Crippen LogP contribution in [-0.4, -0.2) is 77.7 Å². The number of aromatic nitrogens is 3. The number of piperidine rings is 1. The van der Waals surface area contributed by atoms with Crippen LogP contribution in [0.5, 0.6) is 0 Å². The van der Waals surface area contributed by atoms with Gasteiger partial charge in [-0.05, 0) is 60.6 Å². The monoisotopic (exact) mass is 611 g/mol. The van der Waals surface area contributed by atoms with Crippen LogP contribution < -0.4 is 4.90 Å². The van der Waals surface area contributed by atoms with Crippen molar-refractivity contribution in [2.45, 2.75) is 52.2 Å². The number of nitrogens with zero attached hydrogens (tertiary/aromatic N) is 5. The zero-order chi connectivity index (χ0) is 31.3. The van der Waals surface area contributed by atoms with Crippen molar-refractivity contribution in [1.82, 2.24) is 19.7 Å². The molecule has 45 heavy (non-hydrogen) atoms. The minimum atomic E-state index is -0.473. The highest BCUT2D eigenvalue weighted by molar-refractivity contribution is 6.00. The number of pyridine rings is 1. The highest BCUT2D eigenvalue weighted by atomic mass is 16.6. The standard InChI is InChI=1S/C35H41N5O5/c1-4-44-34(41)30-21-29(26-12-14-27(15-13-26)38-17-19-43-20-18-38)31-32(24(2)3)37-40(33(31)36-30)28-11-8-16-39(22-28)35(42)45-23-25-9-6-5-7-10-25/h5-7,9-10,12-15,21,24,28H,4,8,11,16-20,22-23H2,1-3H3. The number of benzene rings is 2. The Morgan fingerprint density at radius 3 is 2.47 bits per heavy atom. The molecule has 2 aromatic heterocycles. The Bertz CT molecular complexity index is 1630. The van der Waals surface area contributed by atoms with Crippen molar-refractivity contribution in [3.63, 3.8) is 0 Å². The van der Waals surface area contributed by atoms with Gasteiger partial charge in [-0.1, -0.05) is 56.3 Å². The normalized spacial score (nSPS) is 17.1. The number of hydrogen-bond acceptors (Lipinski definition) is 8. The summed E-state index contributed by atoms with van der Waals surface area (Å²) < 4.78 is 18.5. The average molecular weight is 612 g/mol. The van der Waals surface area contributed by atoms with E-state index < -0.39 is 5.97 Å². The van der Waals surface area contributed by atoms with E-state index in [0.29, 0.717) is 18.7 Å². The third-order valence-corrected chi connectivity index (χ3v) is 8.48. The van der Waals surface area contributed by atoms with Crippen LogP contribution in [0.4, 0.5) is 10.5 Å². The lowest BCUT2D eigenvalue weighted by molar-refractivity contribution is 0.0520. The van der Waals surface area contributed by atoms with Crippen molar-refractivity contribution in [3.05, 3.63) is 77.6 Å². The number of amides is 1. The molecule has 0 bridgehead atoms. The van der Waals surface area contributed by atoms with Crippen LogP contribution >= 0.6 is 0 Å². The van der Waals surface area contributed by atoms with E-state index in [2.05, 4.69) is 43.0 Å². The third kappa shape index (κ3) is 6.66. The van der Waals surface area contributed by atoms with E-state index in [-0.39, 0.29) is 37.0 Å². The molecular weight excluding hydrogens is 570 g/mol. The maximum absolute atomic E-state index is 13.1. The van der Waals surface area contributed by atoms with Crippen molar-refractivity contribution in [1.29, 1.82) is 0 Å².